The summed E-state index contributed by atoms with van der Waals surface area (Å²) in [5.41, 5.74) is 0.379. The van der Waals surface area contributed by atoms with Gasteiger partial charge in [-0.3, -0.25) is 14.9 Å². The van der Waals surface area contributed by atoms with E-state index >= 15 is 0 Å². The maximum absolute atomic E-state index is 12.9. The van der Waals surface area contributed by atoms with E-state index in [0.717, 1.165) is 5.56 Å². The molecule has 3 N–H and O–H groups in total. The molecule has 2 fully saturated rings. The number of carbonyl (C=O) groups excluding carboxylic acids is 4. The zero-order valence-corrected chi connectivity index (χ0v) is 16.4. The van der Waals surface area contributed by atoms with E-state index in [2.05, 4.69) is 16.0 Å². The Hall–Kier alpha value is -3.10. The number of urea groups is 2. The van der Waals surface area contributed by atoms with Crippen LogP contribution in [-0.2, 0) is 11.3 Å². The summed E-state index contributed by atoms with van der Waals surface area (Å²) in [6, 6.07) is 6.72. The van der Waals surface area contributed by atoms with E-state index in [1.165, 1.54) is 0 Å². The lowest BCUT2D eigenvalue weighted by Crippen LogP contribution is -2.62. The van der Waals surface area contributed by atoms with Gasteiger partial charge in [0.05, 0.1) is 6.54 Å². The van der Waals surface area contributed by atoms with Gasteiger partial charge in [-0.05, 0) is 37.3 Å². The fraction of sp³-hybridized carbons (Fsp3) is 0.500. The van der Waals surface area contributed by atoms with E-state index in [4.69, 9.17) is 0 Å². The molecule has 1 aromatic rings. The summed E-state index contributed by atoms with van der Waals surface area (Å²) in [5, 5.41) is 7.95. The normalized spacial score (nSPS) is 24.4. The molecule has 1 atom stereocenters. The predicted molar refractivity (Wildman–Crippen MR) is 104 cm³/mol. The monoisotopic (exact) mass is 399 g/mol. The second-order valence-electron chi connectivity index (χ2n) is 7.79. The Morgan fingerprint density at radius 3 is 2.55 bits per heavy atom. The maximum Gasteiger partial charge on any atom is 0.322 e. The van der Waals surface area contributed by atoms with Crippen LogP contribution in [0.25, 0.3) is 0 Å². The van der Waals surface area contributed by atoms with Crippen molar-refractivity contribution >= 4 is 23.9 Å². The van der Waals surface area contributed by atoms with Crippen molar-refractivity contribution in [2.75, 3.05) is 26.2 Å². The number of fused-ring (bicyclic) bond motifs is 1. The first-order chi connectivity index (χ1) is 13.9. The molecule has 0 aromatic heterocycles. The summed E-state index contributed by atoms with van der Waals surface area (Å²) in [6.45, 7) is 3.94. The van der Waals surface area contributed by atoms with Gasteiger partial charge in [-0.2, -0.15) is 0 Å². The quantitative estimate of drug-likeness (QED) is 0.646. The van der Waals surface area contributed by atoms with Gasteiger partial charge in [0, 0.05) is 31.7 Å². The Balaban J connectivity index is 1.53. The van der Waals surface area contributed by atoms with Crippen LogP contribution in [-0.4, -0.2) is 65.4 Å². The largest absolute Gasteiger partial charge is 0.338 e. The summed E-state index contributed by atoms with van der Waals surface area (Å²) in [5.74, 6) is -0.701. The first-order valence-electron chi connectivity index (χ1n) is 9.98. The van der Waals surface area contributed by atoms with Crippen molar-refractivity contribution in [2.45, 2.75) is 31.8 Å². The molecule has 9 heteroatoms. The Bertz CT molecular complexity index is 864. The summed E-state index contributed by atoms with van der Waals surface area (Å²) in [6.07, 6.45) is 1.14. The number of nitrogens with zero attached hydrogens (tertiary/aromatic N) is 2. The summed E-state index contributed by atoms with van der Waals surface area (Å²) < 4.78 is 0. The zero-order valence-electron chi connectivity index (χ0n) is 16.4. The van der Waals surface area contributed by atoms with Crippen molar-refractivity contribution in [1.29, 1.82) is 0 Å². The van der Waals surface area contributed by atoms with E-state index < -0.39 is 17.5 Å². The van der Waals surface area contributed by atoms with Crippen LogP contribution >= 0.6 is 0 Å². The van der Waals surface area contributed by atoms with E-state index in [1.807, 2.05) is 25.1 Å². The number of imide groups is 1. The minimum atomic E-state index is -1.18. The molecule has 0 bridgehead atoms. The van der Waals surface area contributed by atoms with Gasteiger partial charge in [0.2, 0.25) is 0 Å². The summed E-state index contributed by atoms with van der Waals surface area (Å²) in [7, 11) is 0. The van der Waals surface area contributed by atoms with Gasteiger partial charge >= 0.3 is 12.1 Å². The van der Waals surface area contributed by atoms with Crippen molar-refractivity contribution in [3.63, 3.8) is 0 Å². The molecule has 4 rings (SSSR count). The van der Waals surface area contributed by atoms with Crippen molar-refractivity contribution in [3.05, 3.63) is 35.4 Å². The molecule has 1 unspecified atom stereocenters. The van der Waals surface area contributed by atoms with Crippen molar-refractivity contribution in [2.24, 2.45) is 5.92 Å². The fourth-order valence-corrected chi connectivity index (χ4v) is 4.61. The second kappa shape index (κ2) is 7.38. The molecular formula is C20H25N5O4. The lowest BCUT2D eigenvalue weighted by molar-refractivity contribution is -0.127. The average molecular weight is 399 g/mol. The second-order valence-corrected chi connectivity index (χ2v) is 7.79. The smallest absolute Gasteiger partial charge is 0.322 e. The van der Waals surface area contributed by atoms with Crippen LogP contribution < -0.4 is 16.0 Å². The Labute approximate surface area is 168 Å². The van der Waals surface area contributed by atoms with Gasteiger partial charge in [-0.15, -0.1) is 0 Å². The maximum atomic E-state index is 12.9. The molecule has 0 aliphatic carbocycles. The Kier molecular flexibility index (Phi) is 4.89. The number of carbonyl (C=O) groups is 4. The molecule has 3 heterocycles. The van der Waals surface area contributed by atoms with Crippen LogP contribution in [0, 0.1) is 5.92 Å². The zero-order chi connectivity index (χ0) is 20.6. The molecule has 1 aromatic carbocycles. The third-order valence-electron chi connectivity index (χ3n) is 6.11. The van der Waals surface area contributed by atoms with Crippen molar-refractivity contribution < 1.29 is 19.2 Å². The van der Waals surface area contributed by atoms with Gasteiger partial charge in [0.25, 0.3) is 11.8 Å². The van der Waals surface area contributed by atoms with E-state index in [0.29, 0.717) is 44.6 Å². The third-order valence-corrected chi connectivity index (χ3v) is 6.11. The molecule has 9 nitrogen and oxygen atoms in total. The summed E-state index contributed by atoms with van der Waals surface area (Å²) >= 11 is 0. The highest BCUT2D eigenvalue weighted by Crippen LogP contribution is 2.34. The van der Waals surface area contributed by atoms with Crippen molar-refractivity contribution in [3.8, 4) is 0 Å². The SMILES string of the molecule is CCNC(=O)N1CCC(C2(CN3Cc4ccccc4C3=O)NC(=O)NC2=O)CC1. The Morgan fingerprint density at radius 2 is 1.93 bits per heavy atom. The number of piperidine rings is 1. The molecule has 3 aliphatic heterocycles. The number of hydrogen-bond acceptors (Lipinski definition) is 4. The average Bonchev–Trinajstić information content (AvgIpc) is 3.18. The minimum absolute atomic E-state index is 0.115. The molecule has 0 radical (unpaired) electrons. The first-order valence-corrected chi connectivity index (χ1v) is 9.98. The number of hydrogen-bond donors (Lipinski definition) is 3. The standard InChI is InChI=1S/C20H25N5O4/c1-2-21-19(29)24-9-7-14(8-10-24)20(17(27)22-18(28)23-20)12-25-11-13-5-3-4-6-15(13)16(25)26/h3-6,14H,2,7-12H2,1H3,(H,21,29)(H2,22,23,27,28). The molecule has 6 amide bonds. The van der Waals surface area contributed by atoms with Gasteiger partial charge in [-0.25, -0.2) is 9.59 Å². The molecule has 0 saturated carbocycles. The number of rotatable bonds is 4. The molecule has 2 saturated heterocycles. The lowest BCUT2D eigenvalue weighted by atomic mass is 9.77. The number of nitrogens with one attached hydrogen (secondary N) is 3. The van der Waals surface area contributed by atoms with Crippen LogP contribution in [0.1, 0.15) is 35.7 Å². The third kappa shape index (κ3) is 3.30. The molecule has 3 aliphatic rings. The van der Waals surface area contributed by atoms with Crippen LogP contribution in [0.4, 0.5) is 9.59 Å². The molecular weight excluding hydrogens is 374 g/mol. The van der Waals surface area contributed by atoms with Gasteiger partial charge in [0.1, 0.15) is 5.54 Å². The van der Waals surface area contributed by atoms with Crippen molar-refractivity contribution in [1.82, 2.24) is 25.8 Å². The fourth-order valence-electron chi connectivity index (χ4n) is 4.61. The molecule has 29 heavy (non-hydrogen) atoms. The minimum Gasteiger partial charge on any atom is -0.338 e. The number of likely N-dealkylation sites (tertiary alicyclic amines) is 1. The topological polar surface area (TPSA) is 111 Å². The lowest BCUT2D eigenvalue weighted by Gasteiger charge is -2.42. The highest BCUT2D eigenvalue weighted by molar-refractivity contribution is 6.08. The van der Waals surface area contributed by atoms with Crippen LogP contribution in [0.15, 0.2) is 24.3 Å². The molecule has 0 spiro atoms. The van der Waals surface area contributed by atoms with Gasteiger partial charge in [-0.1, -0.05) is 18.2 Å². The Morgan fingerprint density at radius 1 is 1.21 bits per heavy atom. The summed E-state index contributed by atoms with van der Waals surface area (Å²) in [4.78, 5) is 53.2. The molecule has 154 valence electrons. The van der Waals surface area contributed by atoms with E-state index in [-0.39, 0.29) is 24.4 Å². The van der Waals surface area contributed by atoms with Gasteiger partial charge < -0.3 is 20.4 Å². The highest BCUT2D eigenvalue weighted by Gasteiger charge is 2.54. The highest BCUT2D eigenvalue weighted by atomic mass is 16.2. The van der Waals surface area contributed by atoms with E-state index in [9.17, 15) is 19.2 Å². The van der Waals surface area contributed by atoms with Crippen LogP contribution in [0.3, 0.4) is 0 Å². The number of benzene rings is 1. The van der Waals surface area contributed by atoms with Crippen LogP contribution in [0.5, 0.6) is 0 Å². The predicted octanol–water partition coefficient (Wildman–Crippen LogP) is 0.662. The van der Waals surface area contributed by atoms with E-state index in [1.54, 1.807) is 15.9 Å². The van der Waals surface area contributed by atoms with Gasteiger partial charge in [0.15, 0.2) is 0 Å². The first kappa shape index (κ1) is 19.2. The van der Waals surface area contributed by atoms with Crippen LogP contribution in [0.2, 0.25) is 0 Å². The number of amides is 6.